The Morgan fingerprint density at radius 3 is 2.35 bits per heavy atom. The van der Waals surface area contributed by atoms with Gasteiger partial charge in [0, 0.05) is 25.9 Å². The molecule has 2 rings (SSSR count). The lowest BCUT2D eigenvalue weighted by Crippen LogP contribution is -2.12. The van der Waals surface area contributed by atoms with Crippen molar-refractivity contribution >= 4 is 5.82 Å². The van der Waals surface area contributed by atoms with Gasteiger partial charge in [-0.3, -0.25) is 0 Å². The van der Waals surface area contributed by atoms with E-state index >= 15 is 0 Å². The quantitative estimate of drug-likeness (QED) is 0.780. The fourth-order valence-corrected chi connectivity index (χ4v) is 2.02. The second-order valence-electron chi connectivity index (χ2n) is 4.63. The number of aromatic nitrogens is 1. The summed E-state index contributed by atoms with van der Waals surface area (Å²) in [6, 6.07) is 10.7. The minimum Gasteiger partial charge on any atom is -0.363 e. The molecule has 2 aromatic rings. The molecule has 0 atom stereocenters. The Hall–Kier alpha value is -1.83. The zero-order valence-corrected chi connectivity index (χ0v) is 10.9. The van der Waals surface area contributed by atoms with Crippen molar-refractivity contribution < 1.29 is 0 Å². The molecule has 0 aliphatic rings. The molecule has 0 aliphatic carbocycles. The van der Waals surface area contributed by atoms with Crippen LogP contribution in [0.3, 0.4) is 0 Å². The van der Waals surface area contributed by atoms with Crippen LogP contribution in [0.2, 0.25) is 0 Å². The summed E-state index contributed by atoms with van der Waals surface area (Å²) in [4.78, 5) is 6.55. The number of pyridine rings is 1. The van der Waals surface area contributed by atoms with Gasteiger partial charge in [0.15, 0.2) is 0 Å². The van der Waals surface area contributed by atoms with Crippen molar-refractivity contribution in [2.24, 2.45) is 0 Å². The van der Waals surface area contributed by atoms with Gasteiger partial charge in [0.1, 0.15) is 5.82 Å². The van der Waals surface area contributed by atoms with Gasteiger partial charge in [0.25, 0.3) is 0 Å². The highest BCUT2D eigenvalue weighted by Crippen LogP contribution is 2.24. The normalized spacial score (nSPS) is 10.4. The van der Waals surface area contributed by atoms with Crippen molar-refractivity contribution in [3.8, 4) is 11.1 Å². The first-order valence-corrected chi connectivity index (χ1v) is 5.79. The molecule has 1 heterocycles. The van der Waals surface area contributed by atoms with E-state index in [9.17, 15) is 0 Å². The van der Waals surface area contributed by atoms with Crippen molar-refractivity contribution in [3.05, 3.63) is 47.7 Å². The summed E-state index contributed by atoms with van der Waals surface area (Å²) in [7, 11) is 4.03. The summed E-state index contributed by atoms with van der Waals surface area (Å²) in [5.74, 6) is 1.03. The predicted molar refractivity (Wildman–Crippen MR) is 73.5 cm³/mol. The lowest BCUT2D eigenvalue weighted by molar-refractivity contribution is 1.05. The van der Waals surface area contributed by atoms with Crippen LogP contribution >= 0.6 is 0 Å². The van der Waals surface area contributed by atoms with E-state index in [0.717, 1.165) is 5.82 Å². The molecule has 2 heteroatoms. The van der Waals surface area contributed by atoms with Crippen LogP contribution in [-0.2, 0) is 0 Å². The predicted octanol–water partition coefficient (Wildman–Crippen LogP) is 3.43. The summed E-state index contributed by atoms with van der Waals surface area (Å²) >= 11 is 0. The van der Waals surface area contributed by atoms with Crippen LogP contribution in [0.4, 0.5) is 5.82 Å². The maximum Gasteiger partial charge on any atom is 0.130 e. The van der Waals surface area contributed by atoms with Crippen molar-refractivity contribution in [3.63, 3.8) is 0 Å². The molecule has 0 radical (unpaired) electrons. The molecule has 0 saturated heterocycles. The molecule has 0 unspecified atom stereocenters. The minimum atomic E-state index is 1.03. The first kappa shape index (κ1) is 11.6. The van der Waals surface area contributed by atoms with Crippen LogP contribution < -0.4 is 4.90 Å². The lowest BCUT2D eigenvalue weighted by Gasteiger charge is -2.15. The molecule has 0 saturated carbocycles. The Kier molecular flexibility index (Phi) is 3.14. The maximum absolute atomic E-state index is 4.51. The zero-order chi connectivity index (χ0) is 12.4. The third kappa shape index (κ3) is 2.47. The van der Waals surface area contributed by atoms with Crippen LogP contribution in [0.15, 0.2) is 36.5 Å². The molecule has 0 aliphatic heterocycles. The number of rotatable bonds is 2. The number of hydrogen-bond acceptors (Lipinski definition) is 2. The number of aryl methyl sites for hydroxylation is 2. The minimum absolute atomic E-state index is 1.03. The van der Waals surface area contributed by atoms with E-state index in [0.29, 0.717) is 0 Å². The average Bonchev–Trinajstić information content (AvgIpc) is 2.28. The number of anilines is 1. The second kappa shape index (κ2) is 4.58. The summed E-state index contributed by atoms with van der Waals surface area (Å²) in [6.45, 7) is 4.21. The molecule has 88 valence electrons. The molecule has 2 nitrogen and oxygen atoms in total. The molecule has 17 heavy (non-hydrogen) atoms. The average molecular weight is 226 g/mol. The molecule has 0 N–H and O–H groups in total. The maximum atomic E-state index is 4.51. The summed E-state index contributed by atoms with van der Waals surface area (Å²) in [6.07, 6.45) is 1.94. The van der Waals surface area contributed by atoms with Gasteiger partial charge in [-0.05, 0) is 31.0 Å². The third-order valence-electron chi connectivity index (χ3n) is 2.83. The summed E-state index contributed by atoms with van der Waals surface area (Å²) in [5.41, 5.74) is 4.88. The number of benzene rings is 1. The molecule has 1 aromatic heterocycles. The Balaban J connectivity index is 2.44. The van der Waals surface area contributed by atoms with Crippen LogP contribution in [-0.4, -0.2) is 19.1 Å². The van der Waals surface area contributed by atoms with Crippen molar-refractivity contribution in [2.45, 2.75) is 13.8 Å². The Bertz CT molecular complexity index is 530. The van der Waals surface area contributed by atoms with E-state index in [-0.39, 0.29) is 0 Å². The third-order valence-corrected chi connectivity index (χ3v) is 2.83. The van der Waals surface area contributed by atoms with Crippen molar-refractivity contribution in [1.29, 1.82) is 0 Å². The van der Waals surface area contributed by atoms with Gasteiger partial charge >= 0.3 is 0 Å². The van der Waals surface area contributed by atoms with Gasteiger partial charge in [0.2, 0.25) is 0 Å². The van der Waals surface area contributed by atoms with Crippen molar-refractivity contribution in [2.75, 3.05) is 19.0 Å². The SMILES string of the molecule is Cc1cccc(-c2cnc(N(C)C)c(C)c2)c1. The van der Waals surface area contributed by atoms with Gasteiger partial charge in [-0.1, -0.05) is 29.8 Å². The highest BCUT2D eigenvalue weighted by Gasteiger charge is 2.05. The summed E-state index contributed by atoms with van der Waals surface area (Å²) < 4.78 is 0. The van der Waals surface area contributed by atoms with Gasteiger partial charge < -0.3 is 4.90 Å². The largest absolute Gasteiger partial charge is 0.363 e. The lowest BCUT2D eigenvalue weighted by atomic mass is 10.0. The smallest absolute Gasteiger partial charge is 0.130 e. The molecule has 0 amide bonds. The fourth-order valence-electron chi connectivity index (χ4n) is 2.02. The Labute approximate surface area is 103 Å². The van der Waals surface area contributed by atoms with Crippen LogP contribution in [0.1, 0.15) is 11.1 Å². The number of hydrogen-bond donors (Lipinski definition) is 0. The summed E-state index contributed by atoms with van der Waals surface area (Å²) in [5, 5.41) is 0. The number of nitrogens with zero attached hydrogens (tertiary/aromatic N) is 2. The first-order chi connectivity index (χ1) is 8.08. The Morgan fingerprint density at radius 1 is 1.00 bits per heavy atom. The van der Waals surface area contributed by atoms with Gasteiger partial charge in [-0.15, -0.1) is 0 Å². The molecule has 0 bridgehead atoms. The highest BCUT2D eigenvalue weighted by molar-refractivity contribution is 5.66. The van der Waals surface area contributed by atoms with E-state index < -0.39 is 0 Å². The second-order valence-corrected chi connectivity index (χ2v) is 4.63. The fraction of sp³-hybridized carbons (Fsp3) is 0.267. The van der Waals surface area contributed by atoms with Crippen LogP contribution in [0.5, 0.6) is 0 Å². The monoisotopic (exact) mass is 226 g/mol. The molecule has 0 spiro atoms. The highest BCUT2D eigenvalue weighted by atomic mass is 15.1. The topological polar surface area (TPSA) is 16.1 Å². The first-order valence-electron chi connectivity index (χ1n) is 5.79. The van der Waals surface area contributed by atoms with Crippen LogP contribution in [0.25, 0.3) is 11.1 Å². The van der Waals surface area contributed by atoms with Crippen LogP contribution in [0, 0.1) is 13.8 Å². The molecule has 1 aromatic carbocycles. The Morgan fingerprint density at radius 2 is 1.76 bits per heavy atom. The standard InChI is InChI=1S/C15H18N2/c1-11-6-5-7-13(8-11)14-9-12(2)15(16-10-14)17(3)4/h5-10H,1-4H3. The van der Waals surface area contributed by atoms with E-state index in [1.807, 2.05) is 25.2 Å². The van der Waals surface area contributed by atoms with E-state index in [1.165, 1.54) is 22.3 Å². The van der Waals surface area contributed by atoms with E-state index in [4.69, 9.17) is 0 Å². The van der Waals surface area contributed by atoms with E-state index in [2.05, 4.69) is 49.2 Å². The van der Waals surface area contributed by atoms with Crippen molar-refractivity contribution in [1.82, 2.24) is 4.98 Å². The molecular weight excluding hydrogens is 208 g/mol. The van der Waals surface area contributed by atoms with E-state index in [1.54, 1.807) is 0 Å². The molecular formula is C15H18N2. The zero-order valence-electron chi connectivity index (χ0n) is 10.9. The van der Waals surface area contributed by atoms with Gasteiger partial charge in [-0.25, -0.2) is 4.98 Å². The molecule has 0 fully saturated rings. The van der Waals surface area contributed by atoms with Gasteiger partial charge in [-0.2, -0.15) is 0 Å². The van der Waals surface area contributed by atoms with Gasteiger partial charge in [0.05, 0.1) is 0 Å².